The summed E-state index contributed by atoms with van der Waals surface area (Å²) in [6, 6.07) is 4.15. The lowest BCUT2D eigenvalue weighted by atomic mass is 9.89. The van der Waals surface area contributed by atoms with E-state index in [1.54, 1.807) is 0 Å². The third-order valence-electron chi connectivity index (χ3n) is 3.83. The van der Waals surface area contributed by atoms with Gasteiger partial charge in [0, 0.05) is 12.7 Å². The van der Waals surface area contributed by atoms with E-state index in [9.17, 15) is 0 Å². The molecule has 0 radical (unpaired) electrons. The van der Waals surface area contributed by atoms with Gasteiger partial charge in [-0.3, -0.25) is 0 Å². The van der Waals surface area contributed by atoms with Crippen molar-refractivity contribution in [3.05, 3.63) is 23.9 Å². The molecule has 1 fully saturated rings. The van der Waals surface area contributed by atoms with Crippen molar-refractivity contribution in [3.63, 3.8) is 0 Å². The molecule has 0 aliphatic heterocycles. The van der Waals surface area contributed by atoms with Crippen LogP contribution in [-0.4, -0.2) is 17.6 Å². The van der Waals surface area contributed by atoms with Crippen molar-refractivity contribution in [2.45, 2.75) is 58.7 Å². The maximum Gasteiger partial charge on any atom is 0.125 e. The van der Waals surface area contributed by atoms with Crippen LogP contribution in [0.15, 0.2) is 18.3 Å². The highest BCUT2D eigenvalue weighted by Crippen LogP contribution is 2.26. The number of aromatic nitrogens is 1. The average molecular weight is 262 g/mol. The topological polar surface area (TPSA) is 34.1 Å². The molecule has 0 atom stereocenters. The summed E-state index contributed by atoms with van der Waals surface area (Å²) in [6.07, 6.45) is 8.53. The van der Waals surface area contributed by atoms with Gasteiger partial charge in [-0.15, -0.1) is 0 Å². The Kier molecular flexibility index (Phi) is 5.64. The molecule has 1 heterocycles. The third-order valence-corrected chi connectivity index (χ3v) is 3.83. The molecule has 1 aromatic heterocycles. The van der Waals surface area contributed by atoms with Crippen molar-refractivity contribution in [2.24, 2.45) is 5.92 Å². The predicted octanol–water partition coefficient (Wildman–Crippen LogP) is 4.00. The smallest absolute Gasteiger partial charge is 0.125 e. The SMILES string of the molecule is CCCNc1ccc(COC2CCC(C)CC2)cn1. The minimum absolute atomic E-state index is 0.453. The maximum absolute atomic E-state index is 5.98. The van der Waals surface area contributed by atoms with Crippen LogP contribution in [-0.2, 0) is 11.3 Å². The van der Waals surface area contributed by atoms with Gasteiger partial charge < -0.3 is 10.1 Å². The highest BCUT2D eigenvalue weighted by atomic mass is 16.5. The Morgan fingerprint density at radius 3 is 2.68 bits per heavy atom. The molecule has 1 aliphatic carbocycles. The Morgan fingerprint density at radius 1 is 1.26 bits per heavy atom. The Balaban J connectivity index is 1.73. The summed E-state index contributed by atoms with van der Waals surface area (Å²) in [7, 11) is 0. The number of ether oxygens (including phenoxy) is 1. The number of nitrogens with one attached hydrogen (secondary N) is 1. The highest BCUT2D eigenvalue weighted by Gasteiger charge is 2.18. The van der Waals surface area contributed by atoms with E-state index in [0.29, 0.717) is 12.7 Å². The van der Waals surface area contributed by atoms with Crippen LogP contribution in [0.1, 0.15) is 51.5 Å². The molecule has 19 heavy (non-hydrogen) atoms. The standard InChI is InChI=1S/C16H26N2O/c1-3-10-17-16-9-6-14(11-18-16)12-19-15-7-4-13(2)5-8-15/h6,9,11,13,15H,3-5,7-8,10,12H2,1-2H3,(H,17,18). The first-order valence-corrected chi connectivity index (χ1v) is 7.58. The van der Waals surface area contributed by atoms with Crippen molar-refractivity contribution in [1.82, 2.24) is 4.98 Å². The number of anilines is 1. The van der Waals surface area contributed by atoms with Crippen LogP contribution in [0.25, 0.3) is 0 Å². The fraction of sp³-hybridized carbons (Fsp3) is 0.688. The van der Waals surface area contributed by atoms with E-state index < -0.39 is 0 Å². The monoisotopic (exact) mass is 262 g/mol. The number of hydrogen-bond donors (Lipinski definition) is 1. The van der Waals surface area contributed by atoms with E-state index >= 15 is 0 Å². The lowest BCUT2D eigenvalue weighted by Gasteiger charge is -2.26. The summed E-state index contributed by atoms with van der Waals surface area (Å²) in [5.41, 5.74) is 1.17. The van der Waals surface area contributed by atoms with Crippen molar-refractivity contribution in [1.29, 1.82) is 0 Å². The Labute approximate surface area is 116 Å². The van der Waals surface area contributed by atoms with E-state index in [0.717, 1.165) is 24.7 Å². The minimum atomic E-state index is 0.453. The van der Waals surface area contributed by atoms with E-state index in [2.05, 4.69) is 30.2 Å². The van der Waals surface area contributed by atoms with Crippen LogP contribution < -0.4 is 5.32 Å². The van der Waals surface area contributed by atoms with Gasteiger partial charge in [-0.25, -0.2) is 4.98 Å². The first-order valence-electron chi connectivity index (χ1n) is 7.58. The molecule has 0 aromatic carbocycles. The lowest BCUT2D eigenvalue weighted by Crippen LogP contribution is -2.20. The summed E-state index contributed by atoms with van der Waals surface area (Å²) in [5.74, 6) is 1.84. The summed E-state index contributed by atoms with van der Waals surface area (Å²) < 4.78 is 5.98. The first kappa shape index (κ1) is 14.3. The zero-order valence-electron chi connectivity index (χ0n) is 12.2. The molecule has 3 nitrogen and oxygen atoms in total. The van der Waals surface area contributed by atoms with E-state index in [4.69, 9.17) is 4.74 Å². The summed E-state index contributed by atoms with van der Waals surface area (Å²) in [4.78, 5) is 4.40. The van der Waals surface area contributed by atoms with Crippen LogP contribution in [0.2, 0.25) is 0 Å². The molecule has 0 unspecified atom stereocenters. The summed E-state index contributed by atoms with van der Waals surface area (Å²) >= 11 is 0. The molecule has 1 aliphatic rings. The third kappa shape index (κ3) is 4.83. The molecule has 0 bridgehead atoms. The van der Waals surface area contributed by atoms with E-state index in [-0.39, 0.29) is 0 Å². The normalized spacial score (nSPS) is 23.3. The second kappa shape index (κ2) is 7.49. The van der Waals surface area contributed by atoms with Crippen LogP contribution in [0.5, 0.6) is 0 Å². The Hall–Kier alpha value is -1.09. The Bertz CT molecular complexity index is 356. The van der Waals surface area contributed by atoms with E-state index in [1.807, 2.05) is 12.3 Å². The molecule has 1 N–H and O–H groups in total. The van der Waals surface area contributed by atoms with Gasteiger partial charge in [0.2, 0.25) is 0 Å². The molecular formula is C16H26N2O. The molecule has 0 amide bonds. The van der Waals surface area contributed by atoms with Gasteiger partial charge in [-0.05, 0) is 49.7 Å². The predicted molar refractivity (Wildman–Crippen MR) is 79.2 cm³/mol. The van der Waals surface area contributed by atoms with E-state index in [1.165, 1.54) is 31.2 Å². The molecule has 1 aromatic rings. The van der Waals surface area contributed by atoms with Gasteiger partial charge in [-0.1, -0.05) is 19.9 Å². The van der Waals surface area contributed by atoms with Crippen molar-refractivity contribution >= 4 is 5.82 Å². The zero-order valence-corrected chi connectivity index (χ0v) is 12.2. The molecule has 2 rings (SSSR count). The molecule has 0 spiro atoms. The van der Waals surface area contributed by atoms with Crippen molar-refractivity contribution in [3.8, 4) is 0 Å². The molecule has 106 valence electrons. The molecule has 0 saturated heterocycles. The lowest BCUT2D eigenvalue weighted by molar-refractivity contribution is 0.00867. The van der Waals surface area contributed by atoms with Gasteiger partial charge >= 0.3 is 0 Å². The van der Waals surface area contributed by atoms with Crippen LogP contribution in [0, 0.1) is 5.92 Å². The summed E-state index contributed by atoms with van der Waals surface area (Å²) in [5, 5.41) is 3.28. The number of rotatable bonds is 6. The van der Waals surface area contributed by atoms with Crippen LogP contribution in [0.3, 0.4) is 0 Å². The number of pyridine rings is 1. The Morgan fingerprint density at radius 2 is 2.05 bits per heavy atom. The van der Waals surface area contributed by atoms with Gasteiger partial charge in [0.05, 0.1) is 12.7 Å². The first-order chi connectivity index (χ1) is 9.28. The minimum Gasteiger partial charge on any atom is -0.373 e. The van der Waals surface area contributed by atoms with Gasteiger partial charge in [0.15, 0.2) is 0 Å². The fourth-order valence-electron chi connectivity index (χ4n) is 2.48. The van der Waals surface area contributed by atoms with Crippen molar-refractivity contribution < 1.29 is 4.74 Å². The average Bonchev–Trinajstić information content (AvgIpc) is 2.46. The van der Waals surface area contributed by atoms with Crippen LogP contribution >= 0.6 is 0 Å². The molecule has 1 saturated carbocycles. The highest BCUT2D eigenvalue weighted by molar-refractivity contribution is 5.35. The quantitative estimate of drug-likeness (QED) is 0.841. The van der Waals surface area contributed by atoms with Gasteiger partial charge in [0.1, 0.15) is 5.82 Å². The largest absolute Gasteiger partial charge is 0.373 e. The maximum atomic E-state index is 5.98. The van der Waals surface area contributed by atoms with Crippen molar-refractivity contribution in [2.75, 3.05) is 11.9 Å². The van der Waals surface area contributed by atoms with Gasteiger partial charge in [-0.2, -0.15) is 0 Å². The molecular weight excluding hydrogens is 236 g/mol. The second-order valence-electron chi connectivity index (χ2n) is 5.67. The fourth-order valence-corrected chi connectivity index (χ4v) is 2.48. The summed E-state index contributed by atoms with van der Waals surface area (Å²) in [6.45, 7) is 6.16. The second-order valence-corrected chi connectivity index (χ2v) is 5.67. The number of hydrogen-bond acceptors (Lipinski definition) is 3. The zero-order chi connectivity index (χ0) is 13.5. The number of nitrogens with zero attached hydrogens (tertiary/aromatic N) is 1. The van der Waals surface area contributed by atoms with Gasteiger partial charge in [0.25, 0.3) is 0 Å². The van der Waals surface area contributed by atoms with Crippen LogP contribution in [0.4, 0.5) is 5.82 Å². The molecule has 3 heteroatoms.